The van der Waals surface area contributed by atoms with E-state index in [0.717, 1.165) is 4.57 Å². The van der Waals surface area contributed by atoms with Crippen LogP contribution >= 0.6 is 22.6 Å². The number of aliphatic hydroxyl groups is 2. The number of ether oxygens (including phenoxy) is 1. The van der Waals surface area contributed by atoms with Crippen molar-refractivity contribution in [3.8, 4) is 0 Å². The zero-order chi connectivity index (χ0) is 13.4. The molecule has 0 spiro atoms. The molecule has 0 unspecified atom stereocenters. The van der Waals surface area contributed by atoms with Crippen molar-refractivity contribution in [3.63, 3.8) is 0 Å². The first-order valence-corrected chi connectivity index (χ1v) is 6.26. The van der Waals surface area contributed by atoms with Gasteiger partial charge in [-0.25, -0.2) is 4.79 Å². The fourth-order valence-electron chi connectivity index (χ4n) is 1.80. The lowest BCUT2D eigenvalue weighted by Crippen LogP contribution is -2.38. The number of aromatic nitrogens is 2. The summed E-state index contributed by atoms with van der Waals surface area (Å²) in [5.41, 5.74) is 4.15. The summed E-state index contributed by atoms with van der Waals surface area (Å²) in [6.45, 7) is 0.0178. The molecule has 4 atom stereocenters. The molecule has 18 heavy (non-hydrogen) atoms. The Morgan fingerprint density at radius 2 is 2.11 bits per heavy atom. The predicted molar refractivity (Wildman–Crippen MR) is 69.0 cm³/mol. The van der Waals surface area contributed by atoms with Gasteiger partial charge in [-0.3, -0.25) is 14.3 Å². The van der Waals surface area contributed by atoms with Crippen LogP contribution in [-0.4, -0.2) is 44.6 Å². The molecular weight excluding hydrogens is 357 g/mol. The van der Waals surface area contributed by atoms with Crippen LogP contribution in [0.2, 0.25) is 0 Å². The lowest BCUT2D eigenvalue weighted by molar-refractivity contribution is -0.0373. The van der Waals surface area contributed by atoms with Gasteiger partial charge < -0.3 is 20.7 Å². The van der Waals surface area contributed by atoms with Gasteiger partial charge in [0.15, 0.2) is 6.23 Å². The average molecular weight is 369 g/mol. The van der Waals surface area contributed by atoms with E-state index in [-0.39, 0.29) is 10.1 Å². The van der Waals surface area contributed by atoms with Gasteiger partial charge in [-0.1, -0.05) is 0 Å². The summed E-state index contributed by atoms with van der Waals surface area (Å²) in [7, 11) is 0. The summed E-state index contributed by atoms with van der Waals surface area (Å²) in [5.74, 6) is 0. The summed E-state index contributed by atoms with van der Waals surface area (Å²) in [6.07, 6.45) is -3.00. The summed E-state index contributed by atoms with van der Waals surface area (Å²) in [4.78, 5) is 24.9. The Bertz CT molecular complexity index is 556. The summed E-state index contributed by atoms with van der Waals surface area (Å²) in [6, 6.07) is 0. The maximum absolute atomic E-state index is 11.6. The Hall–Kier alpha value is -0.750. The van der Waals surface area contributed by atoms with Crippen molar-refractivity contribution in [3.05, 3.63) is 30.6 Å². The first kappa shape index (κ1) is 13.7. The van der Waals surface area contributed by atoms with Crippen molar-refractivity contribution in [2.45, 2.75) is 24.5 Å². The molecule has 100 valence electrons. The maximum Gasteiger partial charge on any atom is 0.330 e. The molecule has 0 saturated carbocycles. The predicted octanol–water partition coefficient (Wildman–Crippen LogP) is -2.28. The zero-order valence-electron chi connectivity index (χ0n) is 9.12. The lowest BCUT2D eigenvalue weighted by atomic mass is 10.1. The molecule has 0 bridgehead atoms. The second-order valence-corrected chi connectivity index (χ2v) is 5.09. The van der Waals surface area contributed by atoms with Crippen molar-refractivity contribution in [1.29, 1.82) is 0 Å². The average Bonchev–Trinajstić information content (AvgIpc) is 2.61. The van der Waals surface area contributed by atoms with Crippen LogP contribution in [-0.2, 0) is 4.74 Å². The van der Waals surface area contributed by atoms with Gasteiger partial charge >= 0.3 is 5.69 Å². The number of nitrogens with zero attached hydrogens (tertiary/aromatic N) is 1. The van der Waals surface area contributed by atoms with E-state index in [0.29, 0.717) is 0 Å². The Balaban J connectivity index is 2.42. The molecule has 1 saturated heterocycles. The molecule has 0 aliphatic carbocycles. The fourth-order valence-corrected chi connectivity index (χ4v) is 2.24. The van der Waals surface area contributed by atoms with Crippen molar-refractivity contribution >= 4 is 22.6 Å². The van der Waals surface area contributed by atoms with E-state index in [1.807, 2.05) is 0 Å². The molecule has 8 nitrogen and oxygen atoms in total. The van der Waals surface area contributed by atoms with Crippen LogP contribution in [0.25, 0.3) is 0 Å². The molecule has 1 aromatic heterocycles. The third-order valence-electron chi connectivity index (χ3n) is 2.77. The van der Waals surface area contributed by atoms with Gasteiger partial charge in [-0.15, -0.1) is 0 Å². The molecule has 0 aromatic carbocycles. The SMILES string of the molecule is NC[C@H]1O[C@@H](n2cc(I)c(=O)[nH]c2=O)[C@@H](O)[C@@H]1O. The van der Waals surface area contributed by atoms with E-state index >= 15 is 0 Å². The van der Waals surface area contributed by atoms with E-state index in [1.165, 1.54) is 6.20 Å². The standard InChI is InChI=1S/C9H12IN3O5/c10-3-2-13(9(17)12-7(3)16)8-6(15)5(14)4(1-11)18-8/h2,4-6,8,14-15H,1,11H2,(H,12,16,17)/t4-,5-,6+,8-/m1/s1. The molecule has 2 rings (SSSR count). The summed E-state index contributed by atoms with van der Waals surface area (Å²) < 4.78 is 6.62. The normalized spacial score (nSPS) is 31.8. The van der Waals surface area contributed by atoms with E-state index in [1.54, 1.807) is 22.6 Å². The van der Waals surface area contributed by atoms with Gasteiger partial charge in [-0.05, 0) is 22.6 Å². The lowest BCUT2D eigenvalue weighted by Gasteiger charge is -2.17. The quantitative estimate of drug-likeness (QED) is 0.435. The molecule has 0 radical (unpaired) electrons. The molecular formula is C9H12IN3O5. The van der Waals surface area contributed by atoms with Crippen LogP contribution in [0, 0.1) is 3.57 Å². The number of aliphatic hydroxyl groups excluding tert-OH is 2. The maximum atomic E-state index is 11.6. The third kappa shape index (κ3) is 2.23. The Morgan fingerprint density at radius 1 is 1.44 bits per heavy atom. The van der Waals surface area contributed by atoms with Gasteiger partial charge in [0, 0.05) is 12.7 Å². The number of hydrogen-bond acceptors (Lipinski definition) is 6. The van der Waals surface area contributed by atoms with Crippen molar-refractivity contribution in [2.24, 2.45) is 5.73 Å². The van der Waals surface area contributed by atoms with Gasteiger partial charge in [-0.2, -0.15) is 0 Å². The fraction of sp³-hybridized carbons (Fsp3) is 0.556. The van der Waals surface area contributed by atoms with Gasteiger partial charge in [0.1, 0.15) is 18.3 Å². The zero-order valence-corrected chi connectivity index (χ0v) is 11.3. The minimum absolute atomic E-state index is 0.0178. The Kier molecular flexibility index (Phi) is 3.87. The Morgan fingerprint density at radius 3 is 2.67 bits per heavy atom. The molecule has 5 N–H and O–H groups in total. The first-order chi connectivity index (χ1) is 8.45. The van der Waals surface area contributed by atoms with Crippen molar-refractivity contribution in [2.75, 3.05) is 6.54 Å². The molecule has 2 heterocycles. The first-order valence-electron chi connectivity index (χ1n) is 5.18. The number of halogens is 1. The van der Waals surface area contributed by atoms with Gasteiger partial charge in [0.05, 0.1) is 3.57 Å². The number of aromatic amines is 1. The second kappa shape index (κ2) is 5.09. The number of nitrogens with two attached hydrogens (primary N) is 1. The highest BCUT2D eigenvalue weighted by Crippen LogP contribution is 2.27. The smallest absolute Gasteiger partial charge is 0.330 e. The third-order valence-corrected chi connectivity index (χ3v) is 3.54. The molecule has 1 aliphatic heterocycles. The number of hydrogen-bond donors (Lipinski definition) is 4. The molecule has 0 amide bonds. The van der Waals surface area contributed by atoms with Crippen LogP contribution in [0.3, 0.4) is 0 Å². The largest absolute Gasteiger partial charge is 0.387 e. The number of rotatable bonds is 2. The van der Waals surface area contributed by atoms with E-state index < -0.39 is 35.8 Å². The second-order valence-electron chi connectivity index (χ2n) is 3.93. The van der Waals surface area contributed by atoms with E-state index in [4.69, 9.17) is 10.5 Å². The minimum Gasteiger partial charge on any atom is -0.387 e. The van der Waals surface area contributed by atoms with Crippen LogP contribution in [0.15, 0.2) is 15.8 Å². The highest BCUT2D eigenvalue weighted by atomic mass is 127. The molecule has 1 aliphatic rings. The molecule has 9 heteroatoms. The number of nitrogens with one attached hydrogen (secondary N) is 1. The van der Waals surface area contributed by atoms with Crippen LogP contribution in [0.4, 0.5) is 0 Å². The highest BCUT2D eigenvalue weighted by Gasteiger charge is 2.43. The molecule has 1 fully saturated rings. The van der Waals surface area contributed by atoms with Crippen molar-refractivity contribution < 1.29 is 14.9 Å². The van der Waals surface area contributed by atoms with Crippen LogP contribution in [0.5, 0.6) is 0 Å². The summed E-state index contributed by atoms with van der Waals surface area (Å²) >= 11 is 1.75. The van der Waals surface area contributed by atoms with Gasteiger partial charge in [0.25, 0.3) is 5.56 Å². The monoisotopic (exact) mass is 369 g/mol. The van der Waals surface area contributed by atoms with Crippen LogP contribution < -0.4 is 17.0 Å². The topological polar surface area (TPSA) is 131 Å². The Labute approximate surface area is 115 Å². The van der Waals surface area contributed by atoms with E-state index in [2.05, 4.69) is 4.98 Å². The van der Waals surface area contributed by atoms with Crippen LogP contribution in [0.1, 0.15) is 6.23 Å². The summed E-state index contributed by atoms with van der Waals surface area (Å²) in [5, 5.41) is 19.5. The van der Waals surface area contributed by atoms with E-state index in [9.17, 15) is 19.8 Å². The highest BCUT2D eigenvalue weighted by molar-refractivity contribution is 14.1. The van der Waals surface area contributed by atoms with Gasteiger partial charge in [0.2, 0.25) is 0 Å². The minimum atomic E-state index is -1.28. The van der Waals surface area contributed by atoms with Crippen molar-refractivity contribution in [1.82, 2.24) is 9.55 Å². The molecule has 1 aromatic rings. The number of H-pyrrole nitrogens is 1.